The summed E-state index contributed by atoms with van der Waals surface area (Å²) < 4.78 is 4.71. The number of esters is 1. The Kier molecular flexibility index (Phi) is 6.34. The summed E-state index contributed by atoms with van der Waals surface area (Å²) in [6.07, 6.45) is 1.64. The lowest BCUT2D eigenvalue weighted by Gasteiger charge is -2.12. The van der Waals surface area contributed by atoms with E-state index in [4.69, 9.17) is 16.3 Å². The smallest absolute Gasteiger partial charge is 0.337 e. The lowest BCUT2D eigenvalue weighted by atomic mass is 10.2. The summed E-state index contributed by atoms with van der Waals surface area (Å²) in [6.45, 7) is 1.65. The van der Waals surface area contributed by atoms with Gasteiger partial charge in [-0.05, 0) is 38.4 Å². The summed E-state index contributed by atoms with van der Waals surface area (Å²) in [5, 5.41) is 6.69. The summed E-state index contributed by atoms with van der Waals surface area (Å²) >= 11 is 6.16. The molecule has 24 heavy (non-hydrogen) atoms. The van der Waals surface area contributed by atoms with Crippen molar-refractivity contribution in [3.05, 3.63) is 41.0 Å². The first kappa shape index (κ1) is 18.0. The second-order valence-electron chi connectivity index (χ2n) is 5.31. The number of nitrogens with one attached hydrogen (secondary N) is 2. The molecule has 0 unspecified atom stereocenters. The number of benzene rings is 1. The number of likely N-dealkylation sites (N-methyl/N-ethyl adjacent to an activating group) is 1. The molecule has 0 saturated heterocycles. The number of hydrogen-bond acceptors (Lipinski definition) is 7. The second-order valence-corrected chi connectivity index (χ2v) is 5.71. The first-order valence-electron chi connectivity index (χ1n) is 7.36. The summed E-state index contributed by atoms with van der Waals surface area (Å²) in [5.74, 6) is 0.651. The fourth-order valence-electron chi connectivity index (χ4n) is 1.91. The monoisotopic (exact) mass is 349 g/mol. The van der Waals surface area contributed by atoms with Gasteiger partial charge in [-0.3, -0.25) is 0 Å². The van der Waals surface area contributed by atoms with E-state index in [0.717, 1.165) is 13.1 Å². The summed E-state index contributed by atoms with van der Waals surface area (Å²) in [7, 11) is 5.34. The Labute approximate surface area is 146 Å². The molecule has 128 valence electrons. The SMILES string of the molecule is COC(=O)c1ccc(Cl)c(Nc2nccc(NCCN(C)C)n2)c1. The molecule has 0 amide bonds. The normalized spacial score (nSPS) is 10.5. The molecule has 2 rings (SSSR count). The third kappa shape index (κ3) is 5.07. The van der Waals surface area contributed by atoms with Crippen LogP contribution in [0, 0.1) is 0 Å². The second kappa shape index (κ2) is 8.47. The molecule has 1 aromatic carbocycles. The Morgan fingerprint density at radius 1 is 1.33 bits per heavy atom. The minimum atomic E-state index is -0.435. The van der Waals surface area contributed by atoms with Gasteiger partial charge in [0.2, 0.25) is 5.95 Å². The van der Waals surface area contributed by atoms with Gasteiger partial charge in [-0.25, -0.2) is 9.78 Å². The topological polar surface area (TPSA) is 79.4 Å². The number of carbonyl (C=O) groups is 1. The van der Waals surface area contributed by atoms with E-state index < -0.39 is 5.97 Å². The molecule has 8 heteroatoms. The third-order valence-corrected chi connectivity index (χ3v) is 3.48. The van der Waals surface area contributed by atoms with Gasteiger partial charge in [0.05, 0.1) is 23.4 Å². The average molecular weight is 350 g/mol. The van der Waals surface area contributed by atoms with E-state index in [9.17, 15) is 4.79 Å². The Balaban J connectivity index is 2.12. The Bertz CT molecular complexity index is 709. The van der Waals surface area contributed by atoms with Crippen LogP contribution in [0.5, 0.6) is 0 Å². The largest absolute Gasteiger partial charge is 0.465 e. The van der Waals surface area contributed by atoms with Crippen LogP contribution >= 0.6 is 11.6 Å². The van der Waals surface area contributed by atoms with Crippen molar-refractivity contribution >= 4 is 35.0 Å². The fourth-order valence-corrected chi connectivity index (χ4v) is 2.08. The summed E-state index contributed by atoms with van der Waals surface area (Å²) in [6, 6.07) is 6.60. The van der Waals surface area contributed by atoms with Crippen molar-refractivity contribution in [1.29, 1.82) is 0 Å². The van der Waals surface area contributed by atoms with Crippen molar-refractivity contribution < 1.29 is 9.53 Å². The van der Waals surface area contributed by atoms with E-state index in [2.05, 4.69) is 25.5 Å². The minimum Gasteiger partial charge on any atom is -0.465 e. The fraction of sp³-hybridized carbons (Fsp3) is 0.312. The molecule has 7 nitrogen and oxygen atoms in total. The number of methoxy groups -OCH3 is 1. The highest BCUT2D eigenvalue weighted by Gasteiger charge is 2.10. The van der Waals surface area contributed by atoms with Gasteiger partial charge in [-0.1, -0.05) is 11.6 Å². The molecular formula is C16H20ClN5O2. The van der Waals surface area contributed by atoms with Crippen molar-refractivity contribution in [3.63, 3.8) is 0 Å². The number of carbonyl (C=O) groups excluding carboxylic acids is 1. The van der Waals surface area contributed by atoms with Crippen LogP contribution in [-0.2, 0) is 4.74 Å². The van der Waals surface area contributed by atoms with Crippen LogP contribution < -0.4 is 10.6 Å². The van der Waals surface area contributed by atoms with Gasteiger partial charge >= 0.3 is 5.97 Å². The van der Waals surface area contributed by atoms with E-state index in [-0.39, 0.29) is 0 Å². The molecule has 1 aromatic heterocycles. The molecule has 0 bridgehead atoms. The third-order valence-electron chi connectivity index (χ3n) is 3.15. The zero-order chi connectivity index (χ0) is 17.5. The first-order chi connectivity index (χ1) is 11.5. The van der Waals surface area contributed by atoms with E-state index in [1.54, 1.807) is 30.5 Å². The van der Waals surface area contributed by atoms with Crippen LogP contribution in [0.25, 0.3) is 0 Å². The quantitative estimate of drug-likeness (QED) is 0.744. The number of rotatable bonds is 7. The van der Waals surface area contributed by atoms with Crippen LogP contribution in [0.4, 0.5) is 17.5 Å². The molecule has 0 fully saturated rings. The molecule has 2 N–H and O–H groups in total. The molecule has 0 aliphatic rings. The van der Waals surface area contributed by atoms with Gasteiger partial charge in [0.25, 0.3) is 0 Å². The van der Waals surface area contributed by atoms with Crippen LogP contribution in [0.15, 0.2) is 30.5 Å². The van der Waals surface area contributed by atoms with Crippen LogP contribution in [0.3, 0.4) is 0 Å². The molecule has 0 radical (unpaired) electrons. The summed E-state index contributed by atoms with van der Waals surface area (Å²) in [4.78, 5) is 22.2. The van der Waals surface area contributed by atoms with Crippen molar-refractivity contribution in [2.24, 2.45) is 0 Å². The number of halogens is 1. The van der Waals surface area contributed by atoms with Crippen LogP contribution in [-0.4, -0.2) is 55.1 Å². The van der Waals surface area contributed by atoms with Crippen LogP contribution in [0.1, 0.15) is 10.4 Å². The zero-order valence-electron chi connectivity index (χ0n) is 13.8. The maximum atomic E-state index is 11.6. The number of nitrogens with zero attached hydrogens (tertiary/aromatic N) is 3. The highest BCUT2D eigenvalue weighted by Crippen LogP contribution is 2.26. The Hall–Kier alpha value is -2.38. The van der Waals surface area contributed by atoms with E-state index in [1.807, 2.05) is 14.1 Å². The van der Waals surface area contributed by atoms with Gasteiger partial charge in [0.1, 0.15) is 5.82 Å². The summed E-state index contributed by atoms with van der Waals surface area (Å²) in [5.41, 5.74) is 0.926. The zero-order valence-corrected chi connectivity index (χ0v) is 14.6. The van der Waals surface area contributed by atoms with E-state index in [1.165, 1.54) is 7.11 Å². The Morgan fingerprint density at radius 3 is 2.83 bits per heavy atom. The maximum Gasteiger partial charge on any atom is 0.337 e. The molecule has 0 atom stereocenters. The number of anilines is 3. The molecule has 2 aromatic rings. The van der Waals surface area contributed by atoms with Gasteiger partial charge in [0, 0.05) is 19.3 Å². The van der Waals surface area contributed by atoms with Gasteiger partial charge in [0.15, 0.2) is 0 Å². The molecule has 0 saturated carbocycles. The predicted molar refractivity (Wildman–Crippen MR) is 95.1 cm³/mol. The predicted octanol–water partition coefficient (Wildman–Crippen LogP) is 2.63. The van der Waals surface area contributed by atoms with Crippen molar-refractivity contribution in [2.45, 2.75) is 0 Å². The lowest BCUT2D eigenvalue weighted by molar-refractivity contribution is 0.0601. The molecule has 0 aliphatic heterocycles. The standard InChI is InChI=1S/C16H20ClN5O2/c1-22(2)9-8-18-14-6-7-19-16(21-14)20-13-10-11(15(23)24-3)4-5-12(13)17/h4-7,10H,8-9H2,1-3H3,(H2,18,19,20,21). The van der Waals surface area contributed by atoms with E-state index in [0.29, 0.717) is 28.0 Å². The lowest BCUT2D eigenvalue weighted by Crippen LogP contribution is -2.21. The molecular weight excluding hydrogens is 330 g/mol. The van der Waals surface area contributed by atoms with Crippen molar-refractivity contribution in [3.8, 4) is 0 Å². The molecule has 1 heterocycles. The van der Waals surface area contributed by atoms with Crippen molar-refractivity contribution in [1.82, 2.24) is 14.9 Å². The van der Waals surface area contributed by atoms with E-state index >= 15 is 0 Å². The molecule has 0 spiro atoms. The number of ether oxygens (including phenoxy) is 1. The Morgan fingerprint density at radius 2 is 2.12 bits per heavy atom. The van der Waals surface area contributed by atoms with Gasteiger partial charge in [-0.2, -0.15) is 4.98 Å². The highest BCUT2D eigenvalue weighted by atomic mass is 35.5. The highest BCUT2D eigenvalue weighted by molar-refractivity contribution is 6.33. The minimum absolute atomic E-state index is 0.383. The number of hydrogen-bond donors (Lipinski definition) is 2. The van der Waals surface area contributed by atoms with Gasteiger partial charge in [-0.15, -0.1) is 0 Å². The molecule has 0 aliphatic carbocycles. The van der Waals surface area contributed by atoms with Crippen LogP contribution in [0.2, 0.25) is 5.02 Å². The maximum absolute atomic E-state index is 11.6. The number of aromatic nitrogens is 2. The van der Waals surface area contributed by atoms with Crippen molar-refractivity contribution in [2.75, 3.05) is 44.9 Å². The average Bonchev–Trinajstić information content (AvgIpc) is 2.56. The first-order valence-corrected chi connectivity index (χ1v) is 7.74. The van der Waals surface area contributed by atoms with Gasteiger partial charge < -0.3 is 20.3 Å².